The SMILES string of the molecule is CCOc1cc(N2CCOCC2)c(OCC)cc1NC(=O)CSc1ncc(C(F)(F)F)cc1Cl. The van der Waals surface area contributed by atoms with Gasteiger partial charge in [0.1, 0.15) is 16.5 Å². The quantitative estimate of drug-likeness (QED) is 0.461. The van der Waals surface area contributed by atoms with Crippen molar-refractivity contribution in [3.8, 4) is 11.5 Å². The van der Waals surface area contributed by atoms with Gasteiger partial charge in [0.25, 0.3) is 0 Å². The van der Waals surface area contributed by atoms with Crippen molar-refractivity contribution in [1.82, 2.24) is 4.98 Å². The summed E-state index contributed by atoms with van der Waals surface area (Å²) in [6, 6.07) is 4.34. The topological polar surface area (TPSA) is 72.9 Å². The number of benzene rings is 1. The molecule has 2 heterocycles. The summed E-state index contributed by atoms with van der Waals surface area (Å²) in [7, 11) is 0. The fraction of sp³-hybridized carbons (Fsp3) is 0.455. The number of aromatic nitrogens is 1. The highest BCUT2D eigenvalue weighted by Crippen LogP contribution is 2.40. The van der Waals surface area contributed by atoms with Gasteiger partial charge in [-0.2, -0.15) is 13.2 Å². The maximum absolute atomic E-state index is 12.8. The van der Waals surface area contributed by atoms with Crippen LogP contribution in [0.4, 0.5) is 24.5 Å². The number of alkyl halides is 3. The van der Waals surface area contributed by atoms with E-state index in [-0.39, 0.29) is 15.8 Å². The number of nitrogens with zero attached hydrogens (tertiary/aromatic N) is 2. The van der Waals surface area contributed by atoms with Crippen LogP contribution in [0.5, 0.6) is 11.5 Å². The zero-order chi connectivity index (χ0) is 24.7. The van der Waals surface area contributed by atoms with Crippen LogP contribution in [0.25, 0.3) is 0 Å². The van der Waals surface area contributed by atoms with Crippen LogP contribution in [0.3, 0.4) is 0 Å². The first kappa shape index (κ1) is 26.2. The number of morpholine rings is 1. The third kappa shape index (κ3) is 6.83. The van der Waals surface area contributed by atoms with Crippen molar-refractivity contribution in [3.63, 3.8) is 0 Å². The van der Waals surface area contributed by atoms with Gasteiger partial charge in [0, 0.05) is 31.4 Å². The monoisotopic (exact) mass is 519 g/mol. The number of ether oxygens (including phenoxy) is 3. The van der Waals surface area contributed by atoms with Crippen LogP contribution in [-0.4, -0.2) is 56.2 Å². The Labute approximate surface area is 204 Å². The second-order valence-corrected chi connectivity index (χ2v) is 8.50. The van der Waals surface area contributed by atoms with E-state index in [1.54, 1.807) is 6.07 Å². The molecule has 186 valence electrons. The molecule has 0 unspecified atom stereocenters. The minimum absolute atomic E-state index is 0.112. The van der Waals surface area contributed by atoms with E-state index in [1.165, 1.54) is 0 Å². The first-order chi connectivity index (χ1) is 16.2. The molecule has 0 saturated carbocycles. The van der Waals surface area contributed by atoms with Crippen molar-refractivity contribution >= 4 is 40.6 Å². The number of thioether (sulfide) groups is 1. The van der Waals surface area contributed by atoms with Crippen molar-refractivity contribution in [2.75, 3.05) is 55.5 Å². The van der Waals surface area contributed by atoms with Gasteiger partial charge < -0.3 is 24.4 Å². The molecular weight excluding hydrogens is 495 g/mol. The summed E-state index contributed by atoms with van der Waals surface area (Å²) >= 11 is 6.86. The van der Waals surface area contributed by atoms with Gasteiger partial charge in [-0.05, 0) is 19.9 Å². The van der Waals surface area contributed by atoms with Crippen LogP contribution in [0.15, 0.2) is 29.4 Å². The van der Waals surface area contributed by atoms with Gasteiger partial charge in [-0.25, -0.2) is 4.98 Å². The molecule has 3 rings (SSSR count). The van der Waals surface area contributed by atoms with Crippen LogP contribution in [0, 0.1) is 0 Å². The zero-order valence-electron chi connectivity index (χ0n) is 18.7. The maximum atomic E-state index is 12.8. The van der Waals surface area contributed by atoms with Crippen molar-refractivity contribution in [3.05, 3.63) is 35.0 Å². The summed E-state index contributed by atoms with van der Waals surface area (Å²) in [5.74, 6) is 0.573. The van der Waals surface area contributed by atoms with Gasteiger partial charge in [-0.15, -0.1) is 0 Å². The molecule has 12 heteroatoms. The Bertz CT molecular complexity index is 1000. The van der Waals surface area contributed by atoms with E-state index in [0.717, 1.165) is 23.5 Å². The van der Waals surface area contributed by atoms with Crippen LogP contribution in [0.1, 0.15) is 19.4 Å². The standard InChI is InChI=1S/C22H25ClF3N3O4S/c1-3-32-18-11-17(29-5-7-31-8-6-29)19(33-4-2)10-16(18)28-20(30)13-34-21-15(23)9-14(12-27-21)22(24,25)26/h9-12H,3-8,13H2,1-2H3,(H,28,30). The fourth-order valence-corrected chi connectivity index (χ4v) is 4.25. The van der Waals surface area contributed by atoms with Gasteiger partial charge in [0.2, 0.25) is 5.91 Å². The molecule has 7 nitrogen and oxygen atoms in total. The molecular formula is C22H25ClF3N3O4S. The molecule has 1 aromatic heterocycles. The smallest absolute Gasteiger partial charge is 0.417 e. The Balaban J connectivity index is 1.75. The Kier molecular flexibility index (Phi) is 9.15. The highest BCUT2D eigenvalue weighted by molar-refractivity contribution is 8.00. The maximum Gasteiger partial charge on any atom is 0.417 e. The number of hydrogen-bond donors (Lipinski definition) is 1. The third-order valence-corrected chi connectivity index (χ3v) is 6.17. The van der Waals surface area contributed by atoms with E-state index >= 15 is 0 Å². The lowest BCUT2D eigenvalue weighted by molar-refractivity contribution is -0.137. The lowest BCUT2D eigenvalue weighted by Crippen LogP contribution is -2.36. The third-order valence-electron chi connectivity index (χ3n) is 4.76. The van der Waals surface area contributed by atoms with Crippen molar-refractivity contribution in [1.29, 1.82) is 0 Å². The number of nitrogens with one attached hydrogen (secondary N) is 1. The van der Waals surface area contributed by atoms with Gasteiger partial charge in [0.15, 0.2) is 0 Å². The Morgan fingerprint density at radius 1 is 1.18 bits per heavy atom. The number of rotatable bonds is 9. The molecule has 1 aliphatic heterocycles. The van der Waals surface area contributed by atoms with Crippen LogP contribution in [-0.2, 0) is 15.7 Å². The summed E-state index contributed by atoms with van der Waals surface area (Å²) in [5, 5.41) is 2.75. The average molecular weight is 520 g/mol. The zero-order valence-corrected chi connectivity index (χ0v) is 20.3. The fourth-order valence-electron chi connectivity index (χ4n) is 3.25. The molecule has 1 fully saturated rings. The minimum Gasteiger partial charge on any atom is -0.492 e. The number of amides is 1. The van der Waals surface area contributed by atoms with Gasteiger partial charge in [-0.3, -0.25) is 4.79 Å². The van der Waals surface area contributed by atoms with Crippen molar-refractivity contribution in [2.24, 2.45) is 0 Å². The Morgan fingerprint density at radius 3 is 2.47 bits per heavy atom. The molecule has 0 atom stereocenters. The lowest BCUT2D eigenvalue weighted by atomic mass is 10.2. The van der Waals surface area contributed by atoms with E-state index in [0.29, 0.717) is 62.9 Å². The number of carbonyl (C=O) groups is 1. The number of halogens is 4. The van der Waals surface area contributed by atoms with Crippen molar-refractivity contribution < 1.29 is 32.2 Å². The molecule has 0 bridgehead atoms. The molecule has 1 saturated heterocycles. The molecule has 1 aromatic carbocycles. The second kappa shape index (κ2) is 11.9. The number of carbonyl (C=O) groups excluding carboxylic acids is 1. The Hall–Kier alpha value is -2.37. The van der Waals surface area contributed by atoms with Crippen LogP contribution >= 0.6 is 23.4 Å². The molecule has 0 aliphatic carbocycles. The molecule has 0 radical (unpaired) electrons. The van der Waals surface area contributed by atoms with E-state index < -0.39 is 17.6 Å². The molecule has 2 aromatic rings. The largest absolute Gasteiger partial charge is 0.492 e. The summed E-state index contributed by atoms with van der Waals surface area (Å²) < 4.78 is 55.4. The van der Waals surface area contributed by atoms with E-state index in [2.05, 4.69) is 15.2 Å². The number of hydrogen-bond acceptors (Lipinski definition) is 7. The molecule has 0 spiro atoms. The summed E-state index contributed by atoms with van der Waals surface area (Å²) in [5.41, 5.74) is 0.331. The number of anilines is 2. The van der Waals surface area contributed by atoms with Crippen LogP contribution < -0.4 is 19.7 Å². The number of pyridine rings is 1. The van der Waals surface area contributed by atoms with Gasteiger partial charge in [0.05, 0.1) is 54.1 Å². The lowest BCUT2D eigenvalue weighted by Gasteiger charge is -2.31. The Morgan fingerprint density at radius 2 is 1.85 bits per heavy atom. The van der Waals surface area contributed by atoms with Crippen LogP contribution in [0.2, 0.25) is 5.02 Å². The van der Waals surface area contributed by atoms with Gasteiger partial charge in [-0.1, -0.05) is 23.4 Å². The predicted molar refractivity (Wildman–Crippen MR) is 125 cm³/mol. The second-order valence-electron chi connectivity index (χ2n) is 7.13. The average Bonchev–Trinajstić information content (AvgIpc) is 2.80. The molecule has 34 heavy (non-hydrogen) atoms. The summed E-state index contributed by atoms with van der Waals surface area (Å²) in [6.07, 6.45) is -3.85. The first-order valence-electron chi connectivity index (χ1n) is 10.6. The highest BCUT2D eigenvalue weighted by Gasteiger charge is 2.31. The summed E-state index contributed by atoms with van der Waals surface area (Å²) in [4.78, 5) is 18.5. The highest BCUT2D eigenvalue weighted by atomic mass is 35.5. The minimum atomic E-state index is -4.54. The summed E-state index contributed by atoms with van der Waals surface area (Å²) in [6.45, 7) is 7.15. The van der Waals surface area contributed by atoms with E-state index in [4.69, 9.17) is 25.8 Å². The molecule has 1 N–H and O–H groups in total. The predicted octanol–water partition coefficient (Wildman–Crippen LogP) is 5.12. The van der Waals surface area contributed by atoms with E-state index in [1.807, 2.05) is 19.9 Å². The van der Waals surface area contributed by atoms with Gasteiger partial charge >= 0.3 is 6.18 Å². The van der Waals surface area contributed by atoms with Crippen molar-refractivity contribution in [2.45, 2.75) is 25.0 Å². The normalized spacial score (nSPS) is 14.1. The first-order valence-corrected chi connectivity index (χ1v) is 12.0. The molecule has 1 aliphatic rings. The van der Waals surface area contributed by atoms with E-state index in [9.17, 15) is 18.0 Å². The molecule has 1 amide bonds.